The van der Waals surface area contributed by atoms with Gasteiger partial charge < -0.3 is 24.8 Å². The number of rotatable bonds is 10. The summed E-state index contributed by atoms with van der Waals surface area (Å²) >= 11 is 0. The van der Waals surface area contributed by atoms with E-state index >= 15 is 0 Å². The van der Waals surface area contributed by atoms with E-state index < -0.39 is 5.97 Å². The van der Waals surface area contributed by atoms with Gasteiger partial charge in [-0.15, -0.1) is 0 Å². The number of ether oxygens (including phenoxy) is 2. The number of amides is 1. The van der Waals surface area contributed by atoms with E-state index in [4.69, 9.17) is 14.6 Å². The zero-order valence-corrected chi connectivity index (χ0v) is 20.2. The monoisotopic (exact) mass is 490 g/mol. The number of hydrogen-bond donors (Lipinski definition) is 2. The lowest BCUT2D eigenvalue weighted by atomic mass is 10.1. The van der Waals surface area contributed by atoms with Gasteiger partial charge in [-0.3, -0.25) is 9.78 Å². The molecule has 9 heteroatoms. The van der Waals surface area contributed by atoms with E-state index in [0.29, 0.717) is 31.2 Å². The number of aryl methyl sites for hydroxylation is 1. The molecule has 1 aliphatic heterocycles. The van der Waals surface area contributed by atoms with Gasteiger partial charge in [0.1, 0.15) is 11.9 Å². The van der Waals surface area contributed by atoms with Gasteiger partial charge >= 0.3 is 5.97 Å². The van der Waals surface area contributed by atoms with Gasteiger partial charge in [-0.25, -0.2) is 9.78 Å². The number of benzene rings is 2. The lowest BCUT2D eigenvalue weighted by molar-refractivity contribution is -0.116. The smallest absolute Gasteiger partial charge is 0.335 e. The maximum Gasteiger partial charge on any atom is 0.335 e. The number of para-hydroxylation sites is 2. The van der Waals surface area contributed by atoms with Crippen molar-refractivity contribution in [2.45, 2.75) is 38.7 Å². The fourth-order valence-corrected chi connectivity index (χ4v) is 4.09. The molecule has 1 fully saturated rings. The van der Waals surface area contributed by atoms with Gasteiger partial charge in [-0.2, -0.15) is 0 Å². The van der Waals surface area contributed by atoms with Crippen LogP contribution in [0.1, 0.15) is 42.1 Å². The van der Waals surface area contributed by atoms with E-state index in [9.17, 15) is 9.59 Å². The summed E-state index contributed by atoms with van der Waals surface area (Å²) in [6.07, 6.45) is 5.81. The van der Waals surface area contributed by atoms with E-state index in [0.717, 1.165) is 36.4 Å². The van der Waals surface area contributed by atoms with Gasteiger partial charge in [-0.1, -0.05) is 24.3 Å². The van der Waals surface area contributed by atoms with Crippen LogP contribution in [0, 0.1) is 0 Å². The molecule has 3 aromatic rings. The van der Waals surface area contributed by atoms with Gasteiger partial charge in [0.2, 0.25) is 5.91 Å². The van der Waals surface area contributed by atoms with E-state index in [1.807, 2.05) is 31.2 Å². The average Bonchev–Trinajstić information content (AvgIpc) is 2.89. The molecule has 1 saturated heterocycles. The molecular formula is C27H30N4O5. The van der Waals surface area contributed by atoms with Crippen LogP contribution in [-0.4, -0.2) is 52.8 Å². The number of nitrogens with one attached hydrogen (secondary N) is 1. The highest BCUT2D eigenvalue weighted by Crippen LogP contribution is 2.30. The molecule has 4 rings (SSSR count). The van der Waals surface area contributed by atoms with Gasteiger partial charge in [-0.05, 0) is 56.0 Å². The Morgan fingerprint density at radius 1 is 1.11 bits per heavy atom. The number of aromatic nitrogens is 2. The minimum Gasteiger partial charge on any atom is -0.490 e. The quantitative estimate of drug-likeness (QED) is 0.435. The van der Waals surface area contributed by atoms with Gasteiger partial charge in [0, 0.05) is 13.0 Å². The molecule has 0 bridgehead atoms. The first-order valence-electron chi connectivity index (χ1n) is 12.1. The Morgan fingerprint density at radius 3 is 2.64 bits per heavy atom. The SMILES string of the molecule is CCOc1ccccc1OC1CCCN(c2cncc(NC(=O)CCc3ccc(C(=O)O)cc3)n2)C1. The normalized spacial score (nSPS) is 15.2. The Hall–Kier alpha value is -4.14. The van der Waals surface area contributed by atoms with E-state index in [1.54, 1.807) is 18.3 Å². The third kappa shape index (κ3) is 6.71. The van der Waals surface area contributed by atoms with E-state index in [1.165, 1.54) is 18.3 Å². The van der Waals surface area contributed by atoms with Crippen molar-refractivity contribution in [1.29, 1.82) is 0 Å². The molecule has 2 N–H and O–H groups in total. The summed E-state index contributed by atoms with van der Waals surface area (Å²) in [6.45, 7) is 3.99. The topological polar surface area (TPSA) is 114 Å². The van der Waals surface area contributed by atoms with Crippen LogP contribution in [0.15, 0.2) is 60.9 Å². The van der Waals surface area contributed by atoms with Crippen molar-refractivity contribution in [1.82, 2.24) is 9.97 Å². The fourth-order valence-electron chi connectivity index (χ4n) is 4.09. The fraction of sp³-hybridized carbons (Fsp3) is 0.333. The number of carbonyl (C=O) groups is 2. The van der Waals surface area contributed by atoms with Gasteiger partial charge in [0.05, 0.1) is 31.1 Å². The second-order valence-electron chi connectivity index (χ2n) is 8.52. The highest BCUT2D eigenvalue weighted by atomic mass is 16.5. The van der Waals surface area contributed by atoms with Gasteiger partial charge in [0.25, 0.3) is 0 Å². The maximum absolute atomic E-state index is 12.5. The van der Waals surface area contributed by atoms with Crippen LogP contribution in [0.2, 0.25) is 0 Å². The minimum absolute atomic E-state index is 0.0204. The molecule has 2 aromatic carbocycles. The Bertz CT molecular complexity index is 1180. The molecule has 0 aliphatic carbocycles. The van der Waals surface area contributed by atoms with Crippen LogP contribution in [0.3, 0.4) is 0 Å². The third-order valence-corrected chi connectivity index (χ3v) is 5.88. The number of carboxylic acid groups (broad SMARTS) is 1. The highest BCUT2D eigenvalue weighted by Gasteiger charge is 2.24. The third-order valence-electron chi connectivity index (χ3n) is 5.88. The summed E-state index contributed by atoms with van der Waals surface area (Å²) < 4.78 is 11.9. The lowest BCUT2D eigenvalue weighted by Gasteiger charge is -2.33. The largest absolute Gasteiger partial charge is 0.490 e. The summed E-state index contributed by atoms with van der Waals surface area (Å²) in [5, 5.41) is 11.8. The van der Waals surface area contributed by atoms with E-state index in [-0.39, 0.29) is 24.0 Å². The molecule has 1 aliphatic rings. The molecule has 9 nitrogen and oxygen atoms in total. The number of anilines is 2. The van der Waals surface area contributed by atoms with Crippen molar-refractivity contribution >= 4 is 23.5 Å². The molecule has 2 heterocycles. The van der Waals surface area contributed by atoms with Crippen LogP contribution < -0.4 is 19.7 Å². The molecule has 1 unspecified atom stereocenters. The second kappa shape index (κ2) is 12.0. The lowest BCUT2D eigenvalue weighted by Crippen LogP contribution is -2.41. The Labute approximate surface area is 210 Å². The van der Waals surface area contributed by atoms with Gasteiger partial charge in [0.15, 0.2) is 17.3 Å². The predicted molar refractivity (Wildman–Crippen MR) is 136 cm³/mol. The number of carboxylic acids is 1. The standard InChI is InChI=1S/C27H30N4O5/c1-2-35-22-7-3-4-8-23(22)36-21-6-5-15-31(18-21)25-17-28-16-24(29-25)30-26(32)14-11-19-9-12-20(13-10-19)27(33)34/h3-4,7-10,12-13,16-17,21H,2,5-6,11,14-15,18H2,1H3,(H,33,34)(H,29,30,32). The van der Waals surface area contributed by atoms with Crippen LogP contribution in [-0.2, 0) is 11.2 Å². The second-order valence-corrected chi connectivity index (χ2v) is 8.52. The molecule has 0 radical (unpaired) electrons. The van der Waals surface area contributed by atoms with Crippen molar-refractivity contribution in [3.8, 4) is 11.5 Å². The maximum atomic E-state index is 12.5. The molecule has 1 amide bonds. The number of aromatic carboxylic acids is 1. The average molecular weight is 491 g/mol. The summed E-state index contributed by atoms with van der Waals surface area (Å²) in [6, 6.07) is 14.2. The molecule has 1 aromatic heterocycles. The highest BCUT2D eigenvalue weighted by molar-refractivity contribution is 5.90. The van der Waals surface area contributed by atoms with Crippen LogP contribution >= 0.6 is 0 Å². The predicted octanol–water partition coefficient (Wildman–Crippen LogP) is 4.19. The first-order valence-corrected chi connectivity index (χ1v) is 12.1. The van der Waals surface area contributed by atoms with Crippen molar-refractivity contribution in [2.75, 3.05) is 29.9 Å². The minimum atomic E-state index is -0.973. The number of nitrogens with zero attached hydrogens (tertiary/aromatic N) is 3. The Balaban J connectivity index is 1.33. The molecule has 36 heavy (non-hydrogen) atoms. The van der Waals surface area contributed by atoms with Crippen LogP contribution in [0.25, 0.3) is 0 Å². The Morgan fingerprint density at radius 2 is 1.89 bits per heavy atom. The molecular weight excluding hydrogens is 460 g/mol. The zero-order valence-electron chi connectivity index (χ0n) is 20.2. The molecule has 188 valence electrons. The summed E-state index contributed by atoms with van der Waals surface area (Å²) in [5.74, 6) is 1.39. The molecule has 0 saturated carbocycles. The number of piperidine rings is 1. The first kappa shape index (κ1) is 25.0. The summed E-state index contributed by atoms with van der Waals surface area (Å²) in [7, 11) is 0. The summed E-state index contributed by atoms with van der Waals surface area (Å²) in [4.78, 5) is 34.4. The van der Waals surface area contributed by atoms with Crippen molar-refractivity contribution in [3.05, 3.63) is 72.1 Å². The first-order chi connectivity index (χ1) is 17.5. The zero-order chi connectivity index (χ0) is 25.3. The van der Waals surface area contributed by atoms with Crippen molar-refractivity contribution in [2.24, 2.45) is 0 Å². The van der Waals surface area contributed by atoms with Crippen molar-refractivity contribution < 1.29 is 24.2 Å². The number of hydrogen-bond acceptors (Lipinski definition) is 7. The number of carbonyl (C=O) groups excluding carboxylic acids is 1. The summed E-state index contributed by atoms with van der Waals surface area (Å²) in [5.41, 5.74) is 1.11. The van der Waals surface area contributed by atoms with Crippen LogP contribution in [0.5, 0.6) is 11.5 Å². The van der Waals surface area contributed by atoms with Crippen molar-refractivity contribution in [3.63, 3.8) is 0 Å². The van der Waals surface area contributed by atoms with Crippen LogP contribution in [0.4, 0.5) is 11.6 Å². The van der Waals surface area contributed by atoms with E-state index in [2.05, 4.69) is 20.2 Å². The Kier molecular flexibility index (Phi) is 8.33. The molecule has 1 atom stereocenters. The molecule has 0 spiro atoms.